The highest BCUT2D eigenvalue weighted by atomic mass is 32.1. The van der Waals surface area contributed by atoms with Crippen molar-refractivity contribution in [3.05, 3.63) is 81.1 Å². The summed E-state index contributed by atoms with van der Waals surface area (Å²) in [5.41, 5.74) is 6.33. The van der Waals surface area contributed by atoms with E-state index in [9.17, 15) is 14.0 Å². The molecule has 0 saturated heterocycles. The summed E-state index contributed by atoms with van der Waals surface area (Å²) in [5, 5.41) is 4.53. The topological polar surface area (TPSA) is 114 Å². The minimum Gasteiger partial charge on any atom is -0.461 e. The third-order valence-electron chi connectivity index (χ3n) is 4.97. The molecule has 0 saturated carbocycles. The van der Waals surface area contributed by atoms with Crippen LogP contribution in [0.4, 0.5) is 4.39 Å². The van der Waals surface area contributed by atoms with Gasteiger partial charge >= 0.3 is 11.7 Å². The minimum atomic E-state index is -0.712. The molecule has 1 aliphatic heterocycles. The van der Waals surface area contributed by atoms with Crippen LogP contribution >= 0.6 is 11.3 Å². The number of carbonyl (C=O) groups excluding carboxylic acids is 1. The predicted molar refractivity (Wildman–Crippen MR) is 113 cm³/mol. The van der Waals surface area contributed by atoms with E-state index in [1.54, 1.807) is 6.92 Å². The molecule has 2 aromatic carbocycles. The second-order valence-corrected chi connectivity index (χ2v) is 8.02. The Hall–Kier alpha value is -3.99. The van der Waals surface area contributed by atoms with E-state index in [0.717, 1.165) is 27.6 Å². The monoisotopic (exact) mass is 453 g/mol. The van der Waals surface area contributed by atoms with E-state index < -0.39 is 17.4 Å². The molecule has 0 bridgehead atoms. The van der Waals surface area contributed by atoms with Crippen molar-refractivity contribution in [2.24, 2.45) is 5.73 Å². The Labute approximate surface area is 184 Å². The molecular formula is C21H16FN5O4S. The van der Waals surface area contributed by atoms with Gasteiger partial charge in [0.15, 0.2) is 16.6 Å². The van der Waals surface area contributed by atoms with Crippen LogP contribution in [-0.2, 0) is 0 Å². The molecule has 0 radical (unpaired) electrons. The molecular weight excluding hydrogens is 437 g/mol. The number of thiazole rings is 1. The lowest BCUT2D eigenvalue weighted by Crippen LogP contribution is -2.27. The van der Waals surface area contributed by atoms with Crippen molar-refractivity contribution in [3.8, 4) is 22.5 Å². The number of amides is 1. The molecule has 2 N–H and O–H groups in total. The summed E-state index contributed by atoms with van der Waals surface area (Å²) in [6.45, 7) is 1.92. The third-order valence-corrected chi connectivity index (χ3v) is 6.02. The van der Waals surface area contributed by atoms with Crippen LogP contribution in [-0.4, -0.2) is 31.8 Å². The Balaban J connectivity index is 1.46. The maximum atomic E-state index is 14.8. The molecule has 0 aliphatic carbocycles. The maximum absolute atomic E-state index is 14.8. The molecule has 0 unspecified atom stereocenters. The molecule has 1 amide bonds. The number of nitrogens with two attached hydrogens (primary N) is 1. The average molecular weight is 453 g/mol. The van der Waals surface area contributed by atoms with Crippen LogP contribution in [0, 0.1) is 12.7 Å². The van der Waals surface area contributed by atoms with Crippen molar-refractivity contribution in [2.75, 3.05) is 6.61 Å². The normalized spacial score (nSPS) is 14.8. The number of aromatic nitrogens is 4. The van der Waals surface area contributed by atoms with Crippen molar-refractivity contribution < 1.29 is 18.7 Å². The number of fused-ring (bicyclic) bond motifs is 1. The molecule has 3 heterocycles. The summed E-state index contributed by atoms with van der Waals surface area (Å²) in [4.78, 5) is 28.3. The number of hydrogen-bond donors (Lipinski definition) is 1. The number of benzene rings is 2. The van der Waals surface area contributed by atoms with Crippen LogP contribution < -0.4 is 20.9 Å². The Morgan fingerprint density at radius 3 is 2.75 bits per heavy atom. The largest absolute Gasteiger partial charge is 0.461 e. The molecule has 4 aromatic rings. The first kappa shape index (κ1) is 19.9. The fourth-order valence-corrected chi connectivity index (χ4v) is 4.21. The highest BCUT2D eigenvalue weighted by Crippen LogP contribution is 2.33. The molecule has 1 atom stereocenters. The van der Waals surface area contributed by atoms with Crippen molar-refractivity contribution in [1.29, 1.82) is 0 Å². The molecule has 32 heavy (non-hydrogen) atoms. The zero-order chi connectivity index (χ0) is 22.4. The van der Waals surface area contributed by atoms with E-state index in [4.69, 9.17) is 15.2 Å². The first-order valence-corrected chi connectivity index (χ1v) is 10.4. The van der Waals surface area contributed by atoms with Crippen molar-refractivity contribution in [1.82, 2.24) is 19.3 Å². The summed E-state index contributed by atoms with van der Waals surface area (Å²) in [7, 11) is 0. The smallest absolute Gasteiger partial charge is 0.354 e. The lowest BCUT2D eigenvalue weighted by Gasteiger charge is -2.10. The van der Waals surface area contributed by atoms with Gasteiger partial charge in [0.25, 0.3) is 5.91 Å². The average Bonchev–Trinajstić information content (AvgIpc) is 3.45. The lowest BCUT2D eigenvalue weighted by atomic mass is 10.1. The predicted octanol–water partition coefficient (Wildman–Crippen LogP) is 2.81. The van der Waals surface area contributed by atoms with Gasteiger partial charge in [-0.05, 0) is 24.6 Å². The summed E-state index contributed by atoms with van der Waals surface area (Å²) >= 11 is 0.926. The number of hydrogen-bond acceptors (Lipinski definition) is 7. The second-order valence-electron chi connectivity index (χ2n) is 7.06. The Kier molecular flexibility index (Phi) is 4.74. The molecule has 11 heteroatoms. The Morgan fingerprint density at radius 2 is 2.06 bits per heavy atom. The molecule has 1 aliphatic rings. The van der Waals surface area contributed by atoms with Crippen LogP contribution in [0.15, 0.2) is 53.3 Å². The van der Waals surface area contributed by atoms with Crippen LogP contribution in [0.5, 0.6) is 16.8 Å². The molecule has 0 spiro atoms. The van der Waals surface area contributed by atoms with Gasteiger partial charge in [-0.1, -0.05) is 41.7 Å². The molecule has 9 nitrogen and oxygen atoms in total. The van der Waals surface area contributed by atoms with Gasteiger partial charge in [0.1, 0.15) is 12.6 Å². The van der Waals surface area contributed by atoms with Crippen LogP contribution in [0.25, 0.3) is 5.69 Å². The van der Waals surface area contributed by atoms with Gasteiger partial charge in [0.05, 0.1) is 11.4 Å². The maximum Gasteiger partial charge on any atom is 0.354 e. The summed E-state index contributed by atoms with van der Waals surface area (Å²) in [6.07, 6.45) is 0. The highest BCUT2D eigenvalue weighted by Gasteiger charge is 2.31. The minimum absolute atomic E-state index is 0.0709. The third kappa shape index (κ3) is 3.32. The van der Waals surface area contributed by atoms with E-state index in [2.05, 4.69) is 10.1 Å². The van der Waals surface area contributed by atoms with E-state index in [1.165, 1.54) is 16.7 Å². The number of primary amides is 1. The Morgan fingerprint density at radius 1 is 1.28 bits per heavy atom. The number of carbonyl (C=O) groups is 1. The quantitative estimate of drug-likeness (QED) is 0.497. The van der Waals surface area contributed by atoms with Crippen molar-refractivity contribution >= 4 is 17.2 Å². The van der Waals surface area contributed by atoms with Gasteiger partial charge in [-0.15, -0.1) is 5.10 Å². The first-order chi connectivity index (χ1) is 15.4. The summed E-state index contributed by atoms with van der Waals surface area (Å²) in [6, 6.07) is 13.3. The van der Waals surface area contributed by atoms with Gasteiger partial charge in [-0.25, -0.2) is 18.7 Å². The molecule has 162 valence electrons. The van der Waals surface area contributed by atoms with Gasteiger partial charge in [-0.2, -0.15) is 4.68 Å². The van der Waals surface area contributed by atoms with E-state index in [-0.39, 0.29) is 33.6 Å². The van der Waals surface area contributed by atoms with Crippen molar-refractivity contribution in [2.45, 2.75) is 13.0 Å². The van der Waals surface area contributed by atoms with Crippen LogP contribution in [0.1, 0.15) is 27.1 Å². The molecule has 0 fully saturated rings. The first-order valence-electron chi connectivity index (χ1n) is 9.56. The number of halogens is 1. The SMILES string of the molecule is Cc1nc(C(N)=O)sc1Oc1ccc(-n2nc3n(c2=O)[C@H](c2ccccc2)CO3)cc1F. The fraction of sp³-hybridized carbons (Fsp3) is 0.143. The summed E-state index contributed by atoms with van der Waals surface area (Å²) < 4.78 is 28.5. The van der Waals surface area contributed by atoms with Gasteiger partial charge in [-0.3, -0.25) is 4.79 Å². The number of aryl methyl sites for hydroxylation is 1. The lowest BCUT2D eigenvalue weighted by molar-refractivity contribution is 0.1000. The van der Waals surface area contributed by atoms with Crippen molar-refractivity contribution in [3.63, 3.8) is 0 Å². The molecule has 5 rings (SSSR count). The zero-order valence-corrected chi connectivity index (χ0v) is 17.5. The van der Waals surface area contributed by atoms with Gasteiger partial charge in [0.2, 0.25) is 5.06 Å². The zero-order valence-electron chi connectivity index (χ0n) is 16.7. The summed E-state index contributed by atoms with van der Waals surface area (Å²) in [5.74, 6) is -1.49. The number of nitrogens with zero attached hydrogens (tertiary/aromatic N) is 4. The Bertz CT molecular complexity index is 1400. The van der Waals surface area contributed by atoms with E-state index in [0.29, 0.717) is 12.3 Å². The number of ether oxygens (including phenoxy) is 2. The van der Waals surface area contributed by atoms with Crippen LogP contribution in [0.3, 0.4) is 0 Å². The van der Waals surface area contributed by atoms with Gasteiger partial charge in [0, 0.05) is 6.07 Å². The van der Waals surface area contributed by atoms with Gasteiger partial charge < -0.3 is 15.2 Å². The van der Waals surface area contributed by atoms with E-state index >= 15 is 0 Å². The van der Waals surface area contributed by atoms with Crippen LogP contribution in [0.2, 0.25) is 0 Å². The standard InChI is InChI=1S/C21H16FN5O4S/c1-11-19(32-18(24-11)17(23)28)31-16-8-7-13(9-14(16)22)27-21(29)26-15(10-30-20(26)25-27)12-5-3-2-4-6-12/h2-9,15H,10H2,1H3,(H2,23,28)/t15-/m0/s1. The highest BCUT2D eigenvalue weighted by molar-refractivity contribution is 7.15. The second kappa shape index (κ2) is 7.61. The van der Waals surface area contributed by atoms with E-state index in [1.807, 2.05) is 30.3 Å². The fourth-order valence-electron chi connectivity index (χ4n) is 3.43. The molecule has 2 aromatic heterocycles. The number of rotatable bonds is 5.